The van der Waals surface area contributed by atoms with E-state index in [0.717, 1.165) is 63.8 Å². The van der Waals surface area contributed by atoms with Crippen molar-refractivity contribution in [2.24, 2.45) is 0 Å². The minimum atomic E-state index is -5.08. The predicted octanol–water partition coefficient (Wildman–Crippen LogP) is 3.88. The molecule has 5 heterocycles. The molecule has 0 aromatic carbocycles. The summed E-state index contributed by atoms with van der Waals surface area (Å²) in [4.78, 5) is 27.4. The van der Waals surface area contributed by atoms with E-state index in [0.29, 0.717) is 5.92 Å². The van der Waals surface area contributed by atoms with Crippen LogP contribution in [0.5, 0.6) is 0 Å². The van der Waals surface area contributed by atoms with Crippen molar-refractivity contribution >= 4 is 34.6 Å². The molecule has 2 N–H and O–H groups in total. The highest BCUT2D eigenvalue weighted by atomic mass is 32.1. The molecule has 3 aromatic rings. The minimum Gasteiger partial charge on any atom is -0.475 e. The number of morpholine rings is 1. The number of likely N-dealkylation sites (tertiary alicyclic amines) is 1. The van der Waals surface area contributed by atoms with Crippen LogP contribution in [0.15, 0.2) is 35.2 Å². The van der Waals surface area contributed by atoms with Crippen LogP contribution in [0.4, 0.5) is 32.0 Å². The summed E-state index contributed by atoms with van der Waals surface area (Å²) in [5.74, 6) is -4.10. The Hall–Kier alpha value is -3.44. The van der Waals surface area contributed by atoms with Gasteiger partial charge in [-0.15, -0.1) is 0 Å². The molecule has 0 radical (unpaired) electrons. The highest BCUT2D eigenvalue weighted by Crippen LogP contribution is 2.27. The molecule has 1 atom stereocenters. The van der Waals surface area contributed by atoms with Crippen LogP contribution in [-0.4, -0.2) is 93.4 Å². The number of alkyl halides is 6. The minimum absolute atomic E-state index is 0.431. The van der Waals surface area contributed by atoms with E-state index in [9.17, 15) is 26.3 Å². The number of hydrogen-bond donors (Lipinski definition) is 2. The first-order chi connectivity index (χ1) is 18.7. The Morgan fingerprint density at radius 3 is 2.17 bits per heavy atom. The number of hydrogen-bond acceptors (Lipinski definition) is 8. The summed E-state index contributed by atoms with van der Waals surface area (Å²) in [5, 5.41) is 23.4. The quantitative estimate of drug-likeness (QED) is 0.432. The van der Waals surface area contributed by atoms with Gasteiger partial charge in [0.2, 0.25) is 0 Å². The second-order valence-corrected chi connectivity index (χ2v) is 9.50. The fourth-order valence-electron chi connectivity index (χ4n) is 3.90. The largest absolute Gasteiger partial charge is 0.490 e. The van der Waals surface area contributed by atoms with Gasteiger partial charge in [-0.1, -0.05) is 0 Å². The Morgan fingerprint density at radius 1 is 1.00 bits per heavy atom. The molecule has 0 saturated carbocycles. The average molecular weight is 598 g/mol. The third-order valence-electron chi connectivity index (χ3n) is 5.82. The summed E-state index contributed by atoms with van der Waals surface area (Å²) in [6, 6.07) is 6.45. The van der Waals surface area contributed by atoms with Gasteiger partial charge in [-0.05, 0) is 47.5 Å². The van der Waals surface area contributed by atoms with Crippen molar-refractivity contribution in [1.82, 2.24) is 19.5 Å². The maximum atomic E-state index is 10.6. The summed E-state index contributed by atoms with van der Waals surface area (Å²) < 4.78 is 70.9. The molecule has 1 unspecified atom stereocenters. The third kappa shape index (κ3) is 9.06. The molecular weight excluding hydrogens is 572 g/mol. The van der Waals surface area contributed by atoms with Crippen LogP contribution >= 0.6 is 11.3 Å². The number of carbonyl (C=O) groups is 2. The number of rotatable bonds is 4. The van der Waals surface area contributed by atoms with Crippen LogP contribution < -0.4 is 4.90 Å². The first kappa shape index (κ1) is 31.1. The van der Waals surface area contributed by atoms with Gasteiger partial charge in [0, 0.05) is 32.1 Å². The monoisotopic (exact) mass is 597 g/mol. The van der Waals surface area contributed by atoms with Gasteiger partial charge in [0.1, 0.15) is 0 Å². The maximum Gasteiger partial charge on any atom is 0.490 e. The van der Waals surface area contributed by atoms with Gasteiger partial charge >= 0.3 is 24.3 Å². The second-order valence-electron chi connectivity index (χ2n) is 8.72. The van der Waals surface area contributed by atoms with Crippen LogP contribution in [0.25, 0.3) is 5.65 Å². The van der Waals surface area contributed by atoms with Crippen molar-refractivity contribution in [2.75, 3.05) is 44.3 Å². The molecule has 3 aromatic heterocycles. The number of fused-ring (bicyclic) bond motifs is 1. The summed E-state index contributed by atoms with van der Waals surface area (Å²) in [5.41, 5.74) is 3.55. The van der Waals surface area contributed by atoms with Gasteiger partial charge in [0.05, 0.1) is 25.1 Å². The normalized spacial score (nSPS) is 18.1. The first-order valence-corrected chi connectivity index (χ1v) is 12.7. The average Bonchev–Trinajstić information content (AvgIpc) is 3.65. The number of halogens is 6. The second kappa shape index (κ2) is 13.3. The highest BCUT2D eigenvalue weighted by Gasteiger charge is 2.39. The topological polar surface area (TPSA) is 120 Å². The van der Waals surface area contributed by atoms with E-state index in [1.54, 1.807) is 11.3 Å². The third-order valence-corrected chi connectivity index (χ3v) is 6.55. The van der Waals surface area contributed by atoms with Gasteiger partial charge in [-0.3, -0.25) is 4.90 Å². The Labute approximate surface area is 227 Å². The molecule has 0 bridgehead atoms. The zero-order valence-electron chi connectivity index (χ0n) is 20.7. The van der Waals surface area contributed by atoms with Crippen molar-refractivity contribution in [3.8, 4) is 0 Å². The van der Waals surface area contributed by atoms with E-state index in [4.69, 9.17) is 34.6 Å². The maximum absolute atomic E-state index is 10.6. The number of thiophene rings is 1. The molecule has 0 spiro atoms. The molecule has 0 amide bonds. The van der Waals surface area contributed by atoms with Crippen molar-refractivity contribution in [3.63, 3.8) is 0 Å². The molecule has 220 valence electrons. The lowest BCUT2D eigenvalue weighted by molar-refractivity contribution is -0.193. The van der Waals surface area contributed by atoms with E-state index in [1.165, 1.54) is 11.3 Å². The molecule has 17 heteroatoms. The molecule has 10 nitrogen and oxygen atoms in total. The molecule has 2 aliphatic heterocycles. The first-order valence-electron chi connectivity index (χ1n) is 11.8. The van der Waals surface area contributed by atoms with Crippen LogP contribution in [0.2, 0.25) is 0 Å². The summed E-state index contributed by atoms with van der Waals surface area (Å²) in [6.45, 7) is 6.67. The Balaban J connectivity index is 0.000000263. The van der Waals surface area contributed by atoms with Crippen molar-refractivity contribution in [3.05, 3.63) is 46.5 Å². The number of carboxylic acids is 2. The van der Waals surface area contributed by atoms with E-state index >= 15 is 0 Å². The summed E-state index contributed by atoms with van der Waals surface area (Å²) in [6.07, 6.45) is -6.92. The van der Waals surface area contributed by atoms with Crippen LogP contribution in [-0.2, 0) is 20.9 Å². The SMILES string of the molecule is O=C(O)C(F)(F)F.O=C(O)C(F)(F)F.c1cc(CN2CCC(c3nc4ccc(N5CCOCC5)cn4n3)C2)cs1. The molecule has 2 aliphatic rings. The molecule has 40 heavy (non-hydrogen) atoms. The lowest BCUT2D eigenvalue weighted by Crippen LogP contribution is -2.36. The number of aromatic nitrogens is 3. The number of pyridine rings is 1. The van der Waals surface area contributed by atoms with E-state index in [2.05, 4.69) is 45.0 Å². The zero-order chi connectivity index (χ0) is 29.5. The smallest absolute Gasteiger partial charge is 0.475 e. The number of nitrogens with zero attached hydrogens (tertiary/aromatic N) is 5. The number of carboxylic acid groups (broad SMARTS) is 2. The fraction of sp³-hybridized carbons (Fsp3) is 0.478. The van der Waals surface area contributed by atoms with Crippen LogP contribution in [0.3, 0.4) is 0 Å². The number of anilines is 1. The van der Waals surface area contributed by atoms with Crippen molar-refractivity contribution < 1.29 is 50.9 Å². The molecular formula is C23H25F6N5O5S. The summed E-state index contributed by atoms with van der Waals surface area (Å²) in [7, 11) is 0. The Bertz CT molecular complexity index is 1240. The lowest BCUT2D eigenvalue weighted by atomic mass is 10.1. The van der Waals surface area contributed by atoms with Gasteiger partial charge in [-0.25, -0.2) is 19.1 Å². The number of ether oxygens (including phenoxy) is 1. The summed E-state index contributed by atoms with van der Waals surface area (Å²) >= 11 is 1.77. The van der Waals surface area contributed by atoms with Crippen molar-refractivity contribution in [2.45, 2.75) is 31.2 Å². The standard InChI is InChI=1S/C19H23N5OS.2C2HF3O2/c1-2-18-20-19(16-3-5-22(12-16)11-15-4-10-26-14-15)21-24(18)13-17(1)23-6-8-25-9-7-23;2*3-2(4,5)1(6)7/h1-2,4,10,13-14,16H,3,5-9,11-12H2;2*(H,6,7). The van der Waals surface area contributed by atoms with Gasteiger partial charge in [-0.2, -0.15) is 42.8 Å². The Kier molecular flexibility index (Phi) is 10.3. The van der Waals surface area contributed by atoms with E-state index in [1.807, 2.05) is 4.52 Å². The van der Waals surface area contributed by atoms with Crippen LogP contribution in [0.1, 0.15) is 23.7 Å². The molecule has 5 rings (SSSR count). The predicted molar refractivity (Wildman–Crippen MR) is 130 cm³/mol. The molecule has 2 fully saturated rings. The molecule has 2 saturated heterocycles. The van der Waals surface area contributed by atoms with E-state index < -0.39 is 24.3 Å². The molecule has 0 aliphatic carbocycles. The fourth-order valence-corrected chi connectivity index (χ4v) is 4.56. The lowest BCUT2D eigenvalue weighted by Gasteiger charge is -2.28. The van der Waals surface area contributed by atoms with Gasteiger partial charge in [0.25, 0.3) is 0 Å². The van der Waals surface area contributed by atoms with Crippen LogP contribution in [0, 0.1) is 0 Å². The van der Waals surface area contributed by atoms with Gasteiger partial charge in [0.15, 0.2) is 11.5 Å². The Morgan fingerprint density at radius 2 is 1.62 bits per heavy atom. The highest BCUT2D eigenvalue weighted by molar-refractivity contribution is 7.07. The number of aliphatic carboxylic acids is 2. The zero-order valence-corrected chi connectivity index (χ0v) is 21.5. The van der Waals surface area contributed by atoms with Crippen molar-refractivity contribution in [1.29, 1.82) is 0 Å². The van der Waals surface area contributed by atoms with E-state index in [-0.39, 0.29) is 0 Å². The van der Waals surface area contributed by atoms with Gasteiger partial charge < -0.3 is 19.8 Å².